The molecule has 1 aliphatic carbocycles. The van der Waals surface area contributed by atoms with Gasteiger partial charge in [0.15, 0.2) is 0 Å². The van der Waals surface area contributed by atoms with Crippen molar-refractivity contribution in [2.24, 2.45) is 0 Å². The minimum atomic E-state index is -3.07. The van der Waals surface area contributed by atoms with Crippen LogP contribution >= 0.6 is 35.3 Å². The predicted octanol–water partition coefficient (Wildman–Crippen LogP) is 4.91. The fourth-order valence-electron chi connectivity index (χ4n) is 4.95. The number of halogens is 2. The molecule has 2 aromatic rings. The van der Waals surface area contributed by atoms with Gasteiger partial charge >= 0.3 is 0 Å². The number of aryl methyl sites for hydroxylation is 1. The van der Waals surface area contributed by atoms with Gasteiger partial charge in [-0.25, -0.2) is 13.4 Å². The summed E-state index contributed by atoms with van der Waals surface area (Å²) in [6.45, 7) is 3.36. The number of rotatable bonds is 6. The van der Waals surface area contributed by atoms with E-state index in [1.165, 1.54) is 21.7 Å². The number of hydrogen-bond donors (Lipinski definition) is 0. The molecule has 5 nitrogen and oxygen atoms in total. The normalized spacial score (nSPS) is 27.1. The van der Waals surface area contributed by atoms with Crippen molar-refractivity contribution in [3.05, 3.63) is 50.9 Å². The Morgan fingerprint density at radius 2 is 1.88 bits per heavy atom. The summed E-state index contributed by atoms with van der Waals surface area (Å²) in [7, 11) is -3.07. The minimum Gasteiger partial charge on any atom is -0.374 e. The highest BCUT2D eigenvalue weighted by molar-refractivity contribution is 7.90. The summed E-state index contributed by atoms with van der Waals surface area (Å²) in [5.74, 6) is 0.641. The van der Waals surface area contributed by atoms with Crippen molar-refractivity contribution in [2.75, 3.05) is 25.2 Å². The summed E-state index contributed by atoms with van der Waals surface area (Å²) in [6.07, 6.45) is 8.41. The molecule has 2 atom stereocenters. The lowest BCUT2D eigenvalue weighted by Gasteiger charge is -2.46. The van der Waals surface area contributed by atoms with Crippen LogP contribution in [0, 0.1) is 6.92 Å². The molecule has 32 heavy (non-hydrogen) atoms. The van der Waals surface area contributed by atoms with Crippen molar-refractivity contribution in [3.63, 3.8) is 0 Å². The first kappa shape index (κ1) is 25.9. The molecular weight excluding hydrogens is 487 g/mol. The highest BCUT2D eigenvalue weighted by Gasteiger charge is 2.37. The first-order chi connectivity index (χ1) is 14.8. The average molecular weight is 520 g/mol. The quantitative estimate of drug-likeness (QED) is 0.543. The van der Waals surface area contributed by atoms with Gasteiger partial charge in [-0.1, -0.05) is 23.7 Å². The summed E-state index contributed by atoms with van der Waals surface area (Å²) < 4.78 is 29.8. The molecule has 0 spiro atoms. The zero-order valence-electron chi connectivity index (χ0n) is 18.6. The minimum absolute atomic E-state index is 0. The van der Waals surface area contributed by atoms with E-state index in [9.17, 15) is 8.42 Å². The number of hydrogen-bond acceptors (Lipinski definition) is 6. The van der Waals surface area contributed by atoms with Crippen LogP contribution in [0.1, 0.15) is 47.0 Å². The maximum atomic E-state index is 11.9. The van der Waals surface area contributed by atoms with Crippen LogP contribution in [0.2, 0.25) is 5.02 Å². The molecule has 0 amide bonds. The van der Waals surface area contributed by atoms with E-state index in [0.29, 0.717) is 25.1 Å². The largest absolute Gasteiger partial charge is 0.374 e. The summed E-state index contributed by atoms with van der Waals surface area (Å²) in [6, 6.07) is 8.72. The number of thiazole rings is 1. The molecule has 4 rings (SSSR count). The molecule has 0 unspecified atom stereocenters. The number of morpholine rings is 1. The van der Waals surface area contributed by atoms with Crippen LogP contribution in [0.5, 0.6) is 0 Å². The van der Waals surface area contributed by atoms with Crippen LogP contribution in [0.15, 0.2) is 30.5 Å². The Kier molecular flexibility index (Phi) is 9.03. The number of sulfone groups is 1. The Bertz CT molecular complexity index is 973. The standard InChI is InChI=1S/C23H31ClN2O3S2.ClH/c1-16-12-25-23(30-16)18-5-9-20(10-6-18)26-13-22(15-31(2,27)28)29-14-21(26)11-17-3-7-19(24)8-4-17;/h3-4,7-8,12,18,20-22H,5-6,9-11,13-15H2,1-2H3;1H/t18?,20?,21-,22+;/m0./s1. The Hall–Kier alpha value is -0.700. The van der Waals surface area contributed by atoms with Crippen LogP contribution < -0.4 is 0 Å². The van der Waals surface area contributed by atoms with Crippen molar-refractivity contribution in [2.45, 2.75) is 63.1 Å². The molecule has 1 aromatic heterocycles. The molecule has 9 heteroatoms. The van der Waals surface area contributed by atoms with Gasteiger partial charge in [-0.3, -0.25) is 4.90 Å². The maximum absolute atomic E-state index is 11.9. The summed E-state index contributed by atoms with van der Waals surface area (Å²) in [5.41, 5.74) is 1.23. The van der Waals surface area contributed by atoms with Crippen LogP contribution in [0.4, 0.5) is 0 Å². The molecule has 2 aliphatic rings. The zero-order chi connectivity index (χ0) is 22.0. The summed E-state index contributed by atoms with van der Waals surface area (Å²) in [5, 5.41) is 2.01. The lowest BCUT2D eigenvalue weighted by Crippen LogP contribution is -2.56. The van der Waals surface area contributed by atoms with E-state index < -0.39 is 9.84 Å². The first-order valence-corrected chi connectivity index (χ1v) is 14.2. The van der Waals surface area contributed by atoms with Crippen molar-refractivity contribution in [1.82, 2.24) is 9.88 Å². The van der Waals surface area contributed by atoms with Crippen LogP contribution in [0.25, 0.3) is 0 Å². The third kappa shape index (κ3) is 6.90. The summed E-state index contributed by atoms with van der Waals surface area (Å²) >= 11 is 7.87. The summed E-state index contributed by atoms with van der Waals surface area (Å²) in [4.78, 5) is 8.43. The smallest absolute Gasteiger partial charge is 0.150 e. The van der Waals surface area contributed by atoms with E-state index in [0.717, 1.165) is 37.1 Å². The van der Waals surface area contributed by atoms with Gasteiger partial charge in [0.25, 0.3) is 0 Å². The Labute approximate surface area is 206 Å². The van der Waals surface area contributed by atoms with Crippen LogP contribution in [0.3, 0.4) is 0 Å². The molecule has 0 radical (unpaired) electrons. The van der Waals surface area contributed by atoms with Crippen LogP contribution in [-0.2, 0) is 21.0 Å². The lowest BCUT2D eigenvalue weighted by atomic mass is 9.84. The van der Waals surface area contributed by atoms with Crippen molar-refractivity contribution >= 4 is 45.2 Å². The second-order valence-electron chi connectivity index (χ2n) is 9.04. The Morgan fingerprint density at radius 3 is 2.47 bits per heavy atom. The van der Waals surface area contributed by atoms with E-state index in [1.807, 2.05) is 29.7 Å². The Balaban J connectivity index is 0.00000289. The van der Waals surface area contributed by atoms with Gasteiger partial charge in [-0.05, 0) is 56.7 Å². The maximum Gasteiger partial charge on any atom is 0.150 e. The second-order valence-corrected chi connectivity index (χ2v) is 12.9. The molecular formula is C23H32Cl2N2O3S2. The highest BCUT2D eigenvalue weighted by Crippen LogP contribution is 2.38. The molecule has 1 aliphatic heterocycles. The van der Waals surface area contributed by atoms with Gasteiger partial charge in [0.05, 0.1) is 23.5 Å². The van der Waals surface area contributed by atoms with E-state index in [4.69, 9.17) is 16.3 Å². The van der Waals surface area contributed by atoms with Gasteiger partial charge < -0.3 is 4.74 Å². The molecule has 1 saturated carbocycles. The number of aromatic nitrogens is 1. The van der Waals surface area contributed by atoms with Gasteiger partial charge in [0.2, 0.25) is 0 Å². The molecule has 178 valence electrons. The lowest BCUT2D eigenvalue weighted by molar-refractivity contribution is -0.0755. The zero-order valence-corrected chi connectivity index (χ0v) is 21.8. The number of nitrogens with zero attached hydrogens (tertiary/aromatic N) is 2. The third-order valence-corrected chi connectivity index (χ3v) is 8.74. The van der Waals surface area contributed by atoms with Crippen LogP contribution in [-0.4, -0.2) is 61.6 Å². The monoisotopic (exact) mass is 518 g/mol. The molecule has 1 aromatic carbocycles. The molecule has 0 N–H and O–H groups in total. The van der Waals surface area contributed by atoms with E-state index in [2.05, 4.69) is 28.9 Å². The fraction of sp³-hybridized carbons (Fsp3) is 0.609. The van der Waals surface area contributed by atoms with Gasteiger partial charge in [-0.2, -0.15) is 0 Å². The topological polar surface area (TPSA) is 59.5 Å². The van der Waals surface area contributed by atoms with Crippen molar-refractivity contribution < 1.29 is 13.2 Å². The number of benzene rings is 1. The molecule has 2 fully saturated rings. The molecule has 2 heterocycles. The number of ether oxygens (including phenoxy) is 1. The van der Waals surface area contributed by atoms with E-state index in [-0.39, 0.29) is 30.3 Å². The average Bonchev–Trinajstić information content (AvgIpc) is 3.16. The van der Waals surface area contributed by atoms with Crippen molar-refractivity contribution in [3.8, 4) is 0 Å². The molecule has 1 saturated heterocycles. The predicted molar refractivity (Wildman–Crippen MR) is 134 cm³/mol. The fourth-order valence-corrected chi connectivity index (χ4v) is 6.90. The van der Waals surface area contributed by atoms with E-state index >= 15 is 0 Å². The van der Waals surface area contributed by atoms with E-state index in [1.54, 1.807) is 0 Å². The second kappa shape index (κ2) is 11.2. The van der Waals surface area contributed by atoms with Gasteiger partial charge in [0, 0.05) is 46.9 Å². The van der Waals surface area contributed by atoms with Gasteiger partial charge in [0.1, 0.15) is 9.84 Å². The highest BCUT2D eigenvalue weighted by atomic mass is 35.5. The van der Waals surface area contributed by atoms with Gasteiger partial charge in [-0.15, -0.1) is 23.7 Å². The first-order valence-electron chi connectivity index (χ1n) is 11.0. The molecule has 0 bridgehead atoms. The SMILES string of the molecule is Cc1cnc(C2CCC(N3C[C@H](CS(C)(=O)=O)OC[C@@H]3Cc3ccc(Cl)cc3)CC2)s1.Cl. The third-order valence-electron chi connectivity index (χ3n) is 6.44. The van der Waals surface area contributed by atoms with Crippen molar-refractivity contribution in [1.29, 1.82) is 0 Å². The Morgan fingerprint density at radius 1 is 1.19 bits per heavy atom.